The van der Waals surface area contributed by atoms with Gasteiger partial charge in [-0.05, 0) is 48.8 Å². The highest BCUT2D eigenvalue weighted by atomic mass is 35.6. The highest BCUT2D eigenvalue weighted by molar-refractivity contribution is 6.67. The van der Waals surface area contributed by atoms with Crippen LogP contribution < -0.4 is 4.74 Å². The van der Waals surface area contributed by atoms with Gasteiger partial charge in [-0.3, -0.25) is 9.59 Å². The van der Waals surface area contributed by atoms with Crippen molar-refractivity contribution in [2.75, 3.05) is 34.5 Å². The van der Waals surface area contributed by atoms with Gasteiger partial charge >= 0.3 is 18.0 Å². The van der Waals surface area contributed by atoms with Gasteiger partial charge in [-0.2, -0.15) is 0 Å². The second kappa shape index (κ2) is 10.8. The summed E-state index contributed by atoms with van der Waals surface area (Å²) >= 11 is 17.3. The minimum atomic E-state index is -1.75. The van der Waals surface area contributed by atoms with Gasteiger partial charge in [0.25, 0.3) is 0 Å². The Labute approximate surface area is 213 Å². The standard InChI is InChI=1S/C23H28Cl3NO7/c1-31-16-8-6-14(7-9-16)18-11-17-15(12-27(18)21(30)34-13-23(24,25)26)5-4-10-22(17,19(28)32-2)20(29)33-3/h6-9,15,17-18H,4-5,10-13H2,1-3H3/t15-,17+,18+/m0/s1. The summed E-state index contributed by atoms with van der Waals surface area (Å²) in [7, 11) is 4.09. The Morgan fingerprint density at radius 1 is 1.06 bits per heavy atom. The number of rotatable bonds is 5. The molecule has 1 saturated heterocycles. The van der Waals surface area contributed by atoms with E-state index in [1.807, 2.05) is 12.1 Å². The summed E-state index contributed by atoms with van der Waals surface area (Å²) < 4.78 is 19.0. The summed E-state index contributed by atoms with van der Waals surface area (Å²) in [5.41, 5.74) is -0.649. The molecule has 3 atom stereocenters. The third-order valence-electron chi connectivity index (χ3n) is 6.83. The third-order valence-corrected chi connectivity index (χ3v) is 7.15. The van der Waals surface area contributed by atoms with Crippen LogP contribution in [-0.2, 0) is 23.8 Å². The molecule has 188 valence electrons. The largest absolute Gasteiger partial charge is 0.497 e. The number of carbonyl (C=O) groups excluding carboxylic acids is 3. The number of likely N-dealkylation sites (tertiary alicyclic amines) is 1. The molecule has 1 aliphatic carbocycles. The summed E-state index contributed by atoms with van der Waals surface area (Å²) in [6.07, 6.45) is 1.34. The number of ether oxygens (including phenoxy) is 4. The predicted molar refractivity (Wildman–Crippen MR) is 126 cm³/mol. The first-order chi connectivity index (χ1) is 16.1. The molecule has 0 unspecified atom stereocenters. The molecule has 1 saturated carbocycles. The van der Waals surface area contributed by atoms with E-state index in [4.69, 9.17) is 53.8 Å². The zero-order valence-electron chi connectivity index (χ0n) is 19.2. The number of nitrogens with zero attached hydrogens (tertiary/aromatic N) is 1. The monoisotopic (exact) mass is 535 g/mol. The summed E-state index contributed by atoms with van der Waals surface area (Å²) in [6, 6.07) is 6.73. The van der Waals surface area contributed by atoms with E-state index in [0.717, 1.165) is 12.0 Å². The van der Waals surface area contributed by atoms with Gasteiger partial charge in [-0.25, -0.2) is 4.79 Å². The Bertz CT molecular complexity index is 887. The van der Waals surface area contributed by atoms with Crippen LogP contribution in [0.25, 0.3) is 0 Å². The molecule has 0 aromatic heterocycles. The van der Waals surface area contributed by atoms with Crippen molar-refractivity contribution in [3.8, 4) is 5.75 Å². The highest BCUT2D eigenvalue weighted by Gasteiger charge is 2.60. The van der Waals surface area contributed by atoms with E-state index in [2.05, 4.69) is 0 Å². The quantitative estimate of drug-likeness (QED) is 0.233. The lowest BCUT2D eigenvalue weighted by molar-refractivity contribution is -0.183. The van der Waals surface area contributed by atoms with E-state index in [9.17, 15) is 14.4 Å². The van der Waals surface area contributed by atoms with Crippen molar-refractivity contribution in [3.63, 3.8) is 0 Å². The van der Waals surface area contributed by atoms with Gasteiger partial charge in [-0.1, -0.05) is 53.4 Å². The second-order valence-electron chi connectivity index (χ2n) is 8.56. The maximum Gasteiger partial charge on any atom is 0.410 e. The molecule has 1 heterocycles. The number of alkyl halides is 3. The molecule has 0 radical (unpaired) electrons. The molecular formula is C23H28Cl3NO7. The van der Waals surface area contributed by atoms with Gasteiger partial charge in [0.1, 0.15) is 12.4 Å². The Hall–Kier alpha value is -1.90. The van der Waals surface area contributed by atoms with Crippen LogP contribution in [0.1, 0.15) is 37.3 Å². The van der Waals surface area contributed by atoms with Crippen molar-refractivity contribution in [2.45, 2.75) is 35.5 Å². The van der Waals surface area contributed by atoms with Crippen molar-refractivity contribution in [1.82, 2.24) is 4.90 Å². The fourth-order valence-electron chi connectivity index (χ4n) is 5.32. The number of hydrogen-bond acceptors (Lipinski definition) is 7. The first-order valence-corrected chi connectivity index (χ1v) is 12.0. The molecule has 0 N–H and O–H groups in total. The number of carbonyl (C=O) groups is 3. The van der Waals surface area contributed by atoms with Crippen LogP contribution in [0, 0.1) is 17.3 Å². The summed E-state index contributed by atoms with van der Waals surface area (Å²) in [5, 5.41) is 0. The molecule has 1 aromatic carbocycles. The lowest BCUT2D eigenvalue weighted by Crippen LogP contribution is -2.58. The zero-order chi connectivity index (χ0) is 25.1. The van der Waals surface area contributed by atoms with Crippen LogP contribution in [0.5, 0.6) is 5.75 Å². The Kier molecular flexibility index (Phi) is 8.47. The third kappa shape index (κ3) is 5.34. The van der Waals surface area contributed by atoms with Crippen LogP contribution >= 0.6 is 34.8 Å². The second-order valence-corrected chi connectivity index (χ2v) is 11.1. The van der Waals surface area contributed by atoms with E-state index >= 15 is 0 Å². The fraction of sp³-hybridized carbons (Fsp3) is 0.609. The van der Waals surface area contributed by atoms with Crippen LogP contribution in [0.4, 0.5) is 4.79 Å². The molecule has 1 aromatic rings. The molecule has 2 aliphatic rings. The zero-order valence-corrected chi connectivity index (χ0v) is 21.5. The SMILES string of the molecule is COC(=O)C1(C(=O)OC)CCC[C@H]2CN(C(=O)OCC(Cl)(Cl)Cl)[C@@H](c3ccc(OC)cc3)C[C@H]21. The normalized spacial score (nSPS) is 23.9. The molecular weight excluding hydrogens is 509 g/mol. The maximum absolute atomic E-state index is 13.1. The molecule has 8 nitrogen and oxygen atoms in total. The smallest absolute Gasteiger partial charge is 0.410 e. The molecule has 11 heteroatoms. The van der Waals surface area contributed by atoms with Crippen LogP contribution in [-0.4, -0.2) is 61.2 Å². The number of amides is 1. The first kappa shape index (κ1) is 26.7. The topological polar surface area (TPSA) is 91.4 Å². The number of piperidine rings is 1. The maximum atomic E-state index is 13.1. The summed E-state index contributed by atoms with van der Waals surface area (Å²) in [4.78, 5) is 40.7. The number of benzene rings is 1. The van der Waals surface area contributed by atoms with Crippen molar-refractivity contribution < 1.29 is 33.3 Å². The van der Waals surface area contributed by atoms with Crippen molar-refractivity contribution >= 4 is 52.8 Å². The molecule has 1 amide bonds. The lowest BCUT2D eigenvalue weighted by Gasteiger charge is -2.51. The minimum Gasteiger partial charge on any atom is -0.497 e. The number of esters is 2. The van der Waals surface area contributed by atoms with Gasteiger partial charge in [0.2, 0.25) is 3.79 Å². The van der Waals surface area contributed by atoms with Crippen molar-refractivity contribution in [1.29, 1.82) is 0 Å². The molecule has 2 fully saturated rings. The van der Waals surface area contributed by atoms with E-state index in [-0.39, 0.29) is 12.5 Å². The van der Waals surface area contributed by atoms with E-state index in [1.54, 1.807) is 24.1 Å². The van der Waals surface area contributed by atoms with Crippen LogP contribution in [0.15, 0.2) is 24.3 Å². The Morgan fingerprint density at radius 3 is 2.21 bits per heavy atom. The highest BCUT2D eigenvalue weighted by Crippen LogP contribution is 2.54. The average molecular weight is 537 g/mol. The lowest BCUT2D eigenvalue weighted by atomic mass is 9.57. The first-order valence-electron chi connectivity index (χ1n) is 10.9. The fourth-order valence-corrected chi connectivity index (χ4v) is 5.48. The van der Waals surface area contributed by atoms with Gasteiger partial charge in [0.15, 0.2) is 5.41 Å². The average Bonchev–Trinajstić information content (AvgIpc) is 2.84. The number of methoxy groups -OCH3 is 3. The van der Waals surface area contributed by atoms with Crippen molar-refractivity contribution in [2.24, 2.45) is 17.3 Å². The minimum absolute atomic E-state index is 0.151. The van der Waals surface area contributed by atoms with E-state index in [0.29, 0.717) is 25.0 Å². The Balaban J connectivity index is 2.01. The van der Waals surface area contributed by atoms with E-state index in [1.165, 1.54) is 14.2 Å². The molecule has 0 spiro atoms. The number of halogens is 3. The van der Waals surface area contributed by atoms with Gasteiger partial charge in [0, 0.05) is 6.54 Å². The van der Waals surface area contributed by atoms with E-state index < -0.39 is 45.8 Å². The predicted octanol–water partition coefficient (Wildman–Crippen LogP) is 4.70. The summed E-state index contributed by atoms with van der Waals surface area (Å²) in [5.74, 6) is -1.13. The van der Waals surface area contributed by atoms with Gasteiger partial charge in [-0.15, -0.1) is 0 Å². The molecule has 3 rings (SSSR count). The molecule has 34 heavy (non-hydrogen) atoms. The number of hydrogen-bond donors (Lipinski definition) is 0. The molecule has 1 aliphatic heterocycles. The van der Waals surface area contributed by atoms with Crippen LogP contribution in [0.2, 0.25) is 0 Å². The summed E-state index contributed by atoms with van der Waals surface area (Å²) in [6.45, 7) is -0.152. The van der Waals surface area contributed by atoms with Gasteiger partial charge < -0.3 is 23.8 Å². The number of fused-ring (bicyclic) bond motifs is 1. The van der Waals surface area contributed by atoms with Crippen LogP contribution in [0.3, 0.4) is 0 Å². The van der Waals surface area contributed by atoms with Gasteiger partial charge in [0.05, 0.1) is 27.4 Å². The Morgan fingerprint density at radius 2 is 1.68 bits per heavy atom. The molecule has 0 bridgehead atoms. The van der Waals surface area contributed by atoms with Crippen molar-refractivity contribution in [3.05, 3.63) is 29.8 Å².